The molecule has 3 fully saturated rings. The molecule has 0 aromatic heterocycles. The average Bonchev–Trinajstić information content (AvgIpc) is 2.53. The van der Waals surface area contributed by atoms with E-state index in [0.717, 1.165) is 23.7 Å². The van der Waals surface area contributed by atoms with Gasteiger partial charge in [-0.15, -0.1) is 0 Å². The summed E-state index contributed by atoms with van der Waals surface area (Å²) >= 11 is 0. The minimum absolute atomic E-state index is 0.690. The van der Waals surface area contributed by atoms with Gasteiger partial charge in [0.1, 0.15) is 0 Å². The van der Waals surface area contributed by atoms with Gasteiger partial charge in [-0.3, -0.25) is 0 Å². The quantitative estimate of drug-likeness (QED) is 0.375. The molecule has 0 aromatic carbocycles. The molecule has 58 valence electrons. The van der Waals surface area contributed by atoms with Crippen molar-refractivity contribution in [2.45, 2.75) is 25.0 Å². The summed E-state index contributed by atoms with van der Waals surface area (Å²) in [5, 5.41) is 0. The van der Waals surface area contributed by atoms with Crippen LogP contribution in [0.1, 0.15) is 12.8 Å². The van der Waals surface area contributed by atoms with Gasteiger partial charge in [0.05, 0.1) is 12.2 Å². The van der Waals surface area contributed by atoms with Crippen LogP contribution >= 0.6 is 0 Å². The predicted molar refractivity (Wildman–Crippen MR) is 41.0 cm³/mol. The zero-order valence-electron chi connectivity index (χ0n) is 6.44. The van der Waals surface area contributed by atoms with Gasteiger partial charge in [-0.1, -0.05) is 12.2 Å². The van der Waals surface area contributed by atoms with Crippen LogP contribution in [0, 0.1) is 23.7 Å². The van der Waals surface area contributed by atoms with Crippen LogP contribution in [0.3, 0.4) is 0 Å². The SMILES string of the molecule is C1=C[C@H]2C[C@@H]1[C@H]1[C@@H]2C[C@H]2O[C@@H]12. The smallest absolute Gasteiger partial charge is 0.0878 e. The Morgan fingerprint density at radius 3 is 2.91 bits per heavy atom. The Kier molecular flexibility index (Phi) is 0.695. The Morgan fingerprint density at radius 2 is 2.00 bits per heavy atom. The van der Waals surface area contributed by atoms with E-state index in [9.17, 15) is 0 Å². The molecule has 6 atom stereocenters. The first-order valence-corrected chi connectivity index (χ1v) is 4.77. The molecular formula is C10H12O. The molecule has 3 aliphatic carbocycles. The van der Waals surface area contributed by atoms with Gasteiger partial charge in [0.2, 0.25) is 0 Å². The number of allylic oxidation sites excluding steroid dienone is 2. The maximum absolute atomic E-state index is 5.59. The van der Waals surface area contributed by atoms with Crippen molar-refractivity contribution in [3.63, 3.8) is 0 Å². The highest BCUT2D eigenvalue weighted by molar-refractivity contribution is 5.21. The van der Waals surface area contributed by atoms with E-state index in [1.807, 2.05) is 0 Å². The summed E-state index contributed by atoms with van der Waals surface area (Å²) in [5.41, 5.74) is 0. The van der Waals surface area contributed by atoms with Crippen LogP contribution in [0.4, 0.5) is 0 Å². The number of epoxide rings is 1. The Morgan fingerprint density at radius 1 is 1.09 bits per heavy atom. The van der Waals surface area contributed by atoms with E-state index < -0.39 is 0 Å². The number of rotatable bonds is 0. The summed E-state index contributed by atoms with van der Waals surface area (Å²) in [6.45, 7) is 0. The van der Waals surface area contributed by atoms with Crippen molar-refractivity contribution in [1.82, 2.24) is 0 Å². The molecule has 1 saturated heterocycles. The molecular weight excluding hydrogens is 136 g/mol. The van der Waals surface area contributed by atoms with Crippen molar-refractivity contribution < 1.29 is 4.74 Å². The van der Waals surface area contributed by atoms with E-state index in [4.69, 9.17) is 4.74 Å². The van der Waals surface area contributed by atoms with Crippen LogP contribution in [0.25, 0.3) is 0 Å². The second kappa shape index (κ2) is 1.42. The molecule has 1 heteroatoms. The first kappa shape index (κ1) is 5.36. The highest BCUT2D eigenvalue weighted by Crippen LogP contribution is 2.61. The fraction of sp³-hybridized carbons (Fsp3) is 0.800. The lowest BCUT2D eigenvalue weighted by Crippen LogP contribution is -2.19. The number of hydrogen-bond donors (Lipinski definition) is 0. The van der Waals surface area contributed by atoms with Crippen molar-refractivity contribution >= 4 is 0 Å². The highest BCUT2D eigenvalue weighted by Gasteiger charge is 2.62. The van der Waals surface area contributed by atoms with E-state index in [0.29, 0.717) is 12.2 Å². The normalized spacial score (nSPS) is 68.4. The predicted octanol–water partition coefficient (Wildman–Crippen LogP) is 1.60. The largest absolute Gasteiger partial charge is 0.369 e. The van der Waals surface area contributed by atoms with Crippen molar-refractivity contribution in [1.29, 1.82) is 0 Å². The molecule has 1 nitrogen and oxygen atoms in total. The van der Waals surface area contributed by atoms with Gasteiger partial charge < -0.3 is 4.74 Å². The molecule has 11 heavy (non-hydrogen) atoms. The first-order valence-electron chi connectivity index (χ1n) is 4.77. The molecule has 2 bridgehead atoms. The maximum atomic E-state index is 5.59. The van der Waals surface area contributed by atoms with E-state index in [2.05, 4.69) is 12.2 Å². The minimum Gasteiger partial charge on any atom is -0.369 e. The Labute approximate surface area is 66.4 Å². The zero-order chi connectivity index (χ0) is 7.00. The van der Waals surface area contributed by atoms with Gasteiger partial charge in [0.25, 0.3) is 0 Å². The second-order valence-corrected chi connectivity index (χ2v) is 4.56. The molecule has 0 amide bonds. The minimum atomic E-state index is 0.690. The summed E-state index contributed by atoms with van der Waals surface area (Å²) in [5.74, 6) is 3.81. The lowest BCUT2D eigenvalue weighted by Gasteiger charge is -2.21. The molecule has 0 aromatic rings. The first-order chi connectivity index (χ1) is 5.43. The van der Waals surface area contributed by atoms with E-state index >= 15 is 0 Å². The molecule has 0 unspecified atom stereocenters. The molecule has 1 heterocycles. The van der Waals surface area contributed by atoms with Crippen molar-refractivity contribution in [2.75, 3.05) is 0 Å². The molecule has 0 N–H and O–H groups in total. The third kappa shape index (κ3) is 0.478. The lowest BCUT2D eigenvalue weighted by molar-refractivity contribution is 0.192. The maximum Gasteiger partial charge on any atom is 0.0878 e. The average molecular weight is 148 g/mol. The van der Waals surface area contributed by atoms with E-state index in [1.54, 1.807) is 0 Å². The highest BCUT2D eigenvalue weighted by atomic mass is 16.6. The molecule has 0 radical (unpaired) electrons. The van der Waals surface area contributed by atoms with E-state index in [1.165, 1.54) is 12.8 Å². The lowest BCUT2D eigenvalue weighted by atomic mass is 9.85. The van der Waals surface area contributed by atoms with Crippen molar-refractivity contribution in [3.8, 4) is 0 Å². The summed E-state index contributed by atoms with van der Waals surface area (Å²) in [6, 6.07) is 0. The fourth-order valence-corrected chi connectivity index (χ4v) is 3.73. The Bertz CT molecular complexity index is 245. The molecule has 2 saturated carbocycles. The van der Waals surface area contributed by atoms with Crippen LogP contribution in [0.2, 0.25) is 0 Å². The Hall–Kier alpha value is -0.300. The molecule has 0 spiro atoms. The van der Waals surface area contributed by atoms with Gasteiger partial charge in [-0.05, 0) is 36.5 Å². The monoisotopic (exact) mass is 148 g/mol. The van der Waals surface area contributed by atoms with Crippen molar-refractivity contribution in [3.05, 3.63) is 12.2 Å². The third-order valence-electron chi connectivity index (χ3n) is 4.19. The third-order valence-corrected chi connectivity index (χ3v) is 4.19. The topological polar surface area (TPSA) is 12.5 Å². The molecule has 1 aliphatic heterocycles. The van der Waals surface area contributed by atoms with Gasteiger partial charge >= 0.3 is 0 Å². The van der Waals surface area contributed by atoms with Crippen LogP contribution in [-0.2, 0) is 4.74 Å². The standard InChI is InChI=1S/C10H12O/c1-2-6-3-5(1)7-4-8-10(11-8)9(6)7/h1-2,5-10H,3-4H2/t5-,6+,7+,8+,9-,10+/m0/s1. The molecule has 4 aliphatic rings. The fourth-order valence-electron chi connectivity index (χ4n) is 3.73. The van der Waals surface area contributed by atoms with Gasteiger partial charge in [0, 0.05) is 0 Å². The summed E-state index contributed by atoms with van der Waals surface area (Å²) in [6.07, 6.45) is 9.10. The zero-order valence-corrected chi connectivity index (χ0v) is 6.44. The van der Waals surface area contributed by atoms with Crippen LogP contribution in [0.5, 0.6) is 0 Å². The second-order valence-electron chi connectivity index (χ2n) is 4.56. The summed E-state index contributed by atoms with van der Waals surface area (Å²) in [4.78, 5) is 0. The van der Waals surface area contributed by atoms with Crippen LogP contribution in [0.15, 0.2) is 12.2 Å². The van der Waals surface area contributed by atoms with E-state index in [-0.39, 0.29) is 0 Å². The van der Waals surface area contributed by atoms with Gasteiger partial charge in [-0.2, -0.15) is 0 Å². The van der Waals surface area contributed by atoms with Gasteiger partial charge in [0.15, 0.2) is 0 Å². The summed E-state index contributed by atoms with van der Waals surface area (Å²) in [7, 11) is 0. The van der Waals surface area contributed by atoms with Crippen LogP contribution < -0.4 is 0 Å². The summed E-state index contributed by atoms with van der Waals surface area (Å²) < 4.78 is 5.59. The van der Waals surface area contributed by atoms with Gasteiger partial charge in [-0.25, -0.2) is 0 Å². The van der Waals surface area contributed by atoms with Crippen LogP contribution in [-0.4, -0.2) is 12.2 Å². The van der Waals surface area contributed by atoms with Crippen molar-refractivity contribution in [2.24, 2.45) is 23.7 Å². The number of ether oxygens (including phenoxy) is 1. The number of fused-ring (bicyclic) bond motifs is 7. The number of hydrogen-bond acceptors (Lipinski definition) is 1. The molecule has 4 rings (SSSR count). The Balaban J connectivity index is 1.81.